The van der Waals surface area contributed by atoms with Crippen LogP contribution in [0.15, 0.2) is 6.33 Å². The first-order valence-corrected chi connectivity index (χ1v) is 5.89. The Labute approximate surface area is 106 Å². The zero-order chi connectivity index (χ0) is 12.8. The molecule has 1 rings (SSSR count). The first-order chi connectivity index (χ1) is 8.02. The second kappa shape index (κ2) is 6.39. The average molecular weight is 257 g/mol. The Hall–Kier alpha value is -1.36. The van der Waals surface area contributed by atoms with E-state index in [2.05, 4.69) is 20.6 Å². The van der Waals surface area contributed by atoms with E-state index in [1.54, 1.807) is 0 Å². The minimum atomic E-state index is -0.0448. The largest absolute Gasteiger partial charge is 0.368 e. The van der Waals surface area contributed by atoms with Crippen LogP contribution in [0.4, 0.5) is 5.82 Å². The Balaban J connectivity index is 2.64. The molecule has 1 aromatic heterocycles. The van der Waals surface area contributed by atoms with Gasteiger partial charge in [0.2, 0.25) is 5.91 Å². The molecule has 94 valence electrons. The average Bonchev–Trinajstić information content (AvgIpc) is 2.23. The lowest BCUT2D eigenvalue weighted by Crippen LogP contribution is -2.26. The number of anilines is 1. The van der Waals surface area contributed by atoms with E-state index < -0.39 is 0 Å². The quantitative estimate of drug-likeness (QED) is 0.623. The van der Waals surface area contributed by atoms with Crippen molar-refractivity contribution in [3.63, 3.8) is 0 Å². The summed E-state index contributed by atoms with van der Waals surface area (Å²) in [5, 5.41) is 6.31. The molecule has 6 heteroatoms. The smallest absolute Gasteiger partial charge is 0.216 e. The van der Waals surface area contributed by atoms with Crippen molar-refractivity contribution in [2.75, 3.05) is 18.4 Å². The topological polar surface area (TPSA) is 66.9 Å². The van der Waals surface area contributed by atoms with Crippen molar-refractivity contribution in [2.45, 2.75) is 26.7 Å². The third-order valence-electron chi connectivity index (χ3n) is 2.20. The van der Waals surface area contributed by atoms with Crippen molar-refractivity contribution in [3.8, 4) is 0 Å². The Bertz CT molecular complexity index is 395. The van der Waals surface area contributed by atoms with Gasteiger partial charge in [0.05, 0.1) is 0 Å². The number of aromatic nitrogens is 2. The van der Waals surface area contributed by atoms with Crippen LogP contribution in [0, 0.1) is 0 Å². The number of nitrogens with zero attached hydrogens (tertiary/aromatic N) is 2. The maximum Gasteiger partial charge on any atom is 0.216 e. The third kappa shape index (κ3) is 4.19. The Morgan fingerprint density at radius 1 is 1.41 bits per heavy atom. The number of carbonyl (C=O) groups is 1. The first kappa shape index (κ1) is 13.7. The van der Waals surface area contributed by atoms with Gasteiger partial charge in [-0.2, -0.15) is 0 Å². The van der Waals surface area contributed by atoms with Crippen LogP contribution >= 0.6 is 11.6 Å². The fourth-order valence-electron chi connectivity index (χ4n) is 1.45. The molecule has 1 heterocycles. The molecule has 0 aromatic carbocycles. The van der Waals surface area contributed by atoms with Gasteiger partial charge in [0.15, 0.2) is 0 Å². The van der Waals surface area contributed by atoms with Gasteiger partial charge in [0.1, 0.15) is 17.3 Å². The van der Waals surface area contributed by atoms with E-state index in [1.807, 2.05) is 13.8 Å². The van der Waals surface area contributed by atoms with Gasteiger partial charge in [0, 0.05) is 25.6 Å². The van der Waals surface area contributed by atoms with Crippen LogP contribution in [0.1, 0.15) is 32.3 Å². The van der Waals surface area contributed by atoms with Gasteiger partial charge in [-0.25, -0.2) is 9.97 Å². The summed E-state index contributed by atoms with van der Waals surface area (Å²) in [6.45, 7) is 6.70. The molecule has 0 aliphatic rings. The van der Waals surface area contributed by atoms with Gasteiger partial charge in [-0.05, 0) is 5.92 Å². The standard InChI is InChI=1S/C11H17ClN4O/c1-7(2)9-10(12)15-6-16-11(9)14-5-4-13-8(3)17/h6-7H,4-5H2,1-3H3,(H,13,17)(H,14,15,16). The fraction of sp³-hybridized carbons (Fsp3) is 0.545. The summed E-state index contributed by atoms with van der Waals surface area (Å²) in [6.07, 6.45) is 1.43. The normalized spacial score (nSPS) is 10.4. The predicted octanol–water partition coefficient (Wildman–Crippen LogP) is 1.80. The van der Waals surface area contributed by atoms with E-state index >= 15 is 0 Å². The lowest BCUT2D eigenvalue weighted by Gasteiger charge is -2.14. The highest BCUT2D eigenvalue weighted by Gasteiger charge is 2.12. The molecule has 0 aliphatic carbocycles. The molecule has 0 fully saturated rings. The number of amides is 1. The van der Waals surface area contributed by atoms with Crippen molar-refractivity contribution in [1.82, 2.24) is 15.3 Å². The molecule has 0 saturated carbocycles. The van der Waals surface area contributed by atoms with Crippen LogP contribution in [-0.2, 0) is 4.79 Å². The molecule has 1 amide bonds. The second-order valence-corrected chi connectivity index (χ2v) is 4.35. The fourth-order valence-corrected chi connectivity index (χ4v) is 1.80. The zero-order valence-corrected chi connectivity index (χ0v) is 11.0. The SMILES string of the molecule is CC(=O)NCCNc1ncnc(Cl)c1C(C)C. The molecule has 0 radical (unpaired) electrons. The van der Waals surface area contributed by atoms with Crippen molar-refractivity contribution in [3.05, 3.63) is 17.0 Å². The molecule has 0 spiro atoms. The van der Waals surface area contributed by atoms with Gasteiger partial charge >= 0.3 is 0 Å². The molecule has 5 nitrogen and oxygen atoms in total. The van der Waals surface area contributed by atoms with E-state index in [1.165, 1.54) is 13.3 Å². The van der Waals surface area contributed by atoms with E-state index in [9.17, 15) is 4.79 Å². The summed E-state index contributed by atoms with van der Waals surface area (Å²) in [5.74, 6) is 0.925. The molecule has 0 unspecified atom stereocenters. The predicted molar refractivity (Wildman–Crippen MR) is 68.3 cm³/mol. The molecule has 0 saturated heterocycles. The monoisotopic (exact) mass is 256 g/mol. The first-order valence-electron chi connectivity index (χ1n) is 5.51. The summed E-state index contributed by atoms with van der Waals surface area (Å²) >= 11 is 6.03. The third-order valence-corrected chi connectivity index (χ3v) is 2.51. The number of rotatable bonds is 5. The summed E-state index contributed by atoms with van der Waals surface area (Å²) in [5.41, 5.74) is 0.900. The van der Waals surface area contributed by atoms with Crippen molar-refractivity contribution in [1.29, 1.82) is 0 Å². The number of nitrogens with one attached hydrogen (secondary N) is 2. The summed E-state index contributed by atoms with van der Waals surface area (Å²) in [7, 11) is 0. The Kier molecular flexibility index (Phi) is 5.15. The van der Waals surface area contributed by atoms with E-state index in [4.69, 9.17) is 11.6 Å². The lowest BCUT2D eigenvalue weighted by molar-refractivity contribution is -0.118. The van der Waals surface area contributed by atoms with Crippen LogP contribution in [-0.4, -0.2) is 29.0 Å². The summed E-state index contributed by atoms with van der Waals surface area (Å²) < 4.78 is 0. The second-order valence-electron chi connectivity index (χ2n) is 3.99. The highest BCUT2D eigenvalue weighted by Crippen LogP contribution is 2.27. The van der Waals surface area contributed by atoms with Crippen LogP contribution < -0.4 is 10.6 Å². The van der Waals surface area contributed by atoms with Gasteiger partial charge in [-0.15, -0.1) is 0 Å². The number of hydrogen-bond acceptors (Lipinski definition) is 4. The molecule has 17 heavy (non-hydrogen) atoms. The minimum absolute atomic E-state index is 0.0448. The van der Waals surface area contributed by atoms with E-state index in [0.29, 0.717) is 18.2 Å². The van der Waals surface area contributed by atoms with E-state index in [0.717, 1.165) is 11.4 Å². The van der Waals surface area contributed by atoms with Crippen LogP contribution in [0.5, 0.6) is 0 Å². The maximum atomic E-state index is 10.7. The van der Waals surface area contributed by atoms with Gasteiger partial charge in [-0.1, -0.05) is 25.4 Å². The Morgan fingerprint density at radius 2 is 2.12 bits per heavy atom. The highest BCUT2D eigenvalue weighted by molar-refractivity contribution is 6.30. The lowest BCUT2D eigenvalue weighted by atomic mass is 10.1. The summed E-state index contributed by atoms with van der Waals surface area (Å²) in [6, 6.07) is 0. The van der Waals surface area contributed by atoms with E-state index in [-0.39, 0.29) is 11.8 Å². The molecule has 2 N–H and O–H groups in total. The van der Waals surface area contributed by atoms with Crippen LogP contribution in [0.25, 0.3) is 0 Å². The molecular formula is C11H17ClN4O. The van der Waals surface area contributed by atoms with Crippen molar-refractivity contribution in [2.24, 2.45) is 0 Å². The van der Waals surface area contributed by atoms with Crippen molar-refractivity contribution < 1.29 is 4.79 Å². The van der Waals surface area contributed by atoms with Gasteiger partial charge in [0.25, 0.3) is 0 Å². The van der Waals surface area contributed by atoms with Crippen LogP contribution in [0.3, 0.4) is 0 Å². The van der Waals surface area contributed by atoms with Gasteiger partial charge in [-0.3, -0.25) is 4.79 Å². The van der Waals surface area contributed by atoms with Crippen LogP contribution in [0.2, 0.25) is 5.15 Å². The number of halogens is 1. The zero-order valence-electron chi connectivity index (χ0n) is 10.2. The molecule has 0 aliphatic heterocycles. The molecule has 0 atom stereocenters. The number of carbonyl (C=O) groups excluding carboxylic acids is 1. The highest BCUT2D eigenvalue weighted by atomic mass is 35.5. The summed E-state index contributed by atoms with van der Waals surface area (Å²) in [4.78, 5) is 18.8. The van der Waals surface area contributed by atoms with Crippen molar-refractivity contribution >= 4 is 23.3 Å². The minimum Gasteiger partial charge on any atom is -0.368 e. The molecular weight excluding hydrogens is 240 g/mol. The molecule has 1 aromatic rings. The van der Waals surface area contributed by atoms with Gasteiger partial charge < -0.3 is 10.6 Å². The molecule has 0 bridgehead atoms. The maximum absolute atomic E-state index is 10.7. The number of hydrogen-bond donors (Lipinski definition) is 2. The Morgan fingerprint density at radius 3 is 2.71 bits per heavy atom.